The summed E-state index contributed by atoms with van der Waals surface area (Å²) in [5.74, 6) is -0.262. The average Bonchev–Trinajstić information content (AvgIpc) is 2.73. The van der Waals surface area contributed by atoms with Crippen molar-refractivity contribution in [2.45, 2.75) is 17.0 Å². The van der Waals surface area contributed by atoms with Crippen LogP contribution >= 0.6 is 0 Å². The highest BCUT2D eigenvalue weighted by molar-refractivity contribution is 7.92. The molecule has 0 radical (unpaired) electrons. The van der Waals surface area contributed by atoms with E-state index in [1.165, 1.54) is 16.4 Å². The molecule has 0 aromatic heterocycles. The maximum absolute atomic E-state index is 12.6. The third-order valence-electron chi connectivity index (χ3n) is 3.64. The van der Waals surface area contributed by atoms with E-state index >= 15 is 0 Å². The molecule has 0 bridgehead atoms. The topological polar surface area (TPSA) is 80.8 Å². The second-order valence-electron chi connectivity index (χ2n) is 4.98. The molecule has 2 aliphatic heterocycles. The molecule has 2 unspecified atom stereocenters. The highest BCUT2D eigenvalue weighted by atomic mass is 32.2. The van der Waals surface area contributed by atoms with E-state index < -0.39 is 32.0 Å². The Morgan fingerprint density at radius 2 is 1.85 bits per heavy atom. The van der Waals surface area contributed by atoms with Crippen molar-refractivity contribution in [3.63, 3.8) is 0 Å². The van der Waals surface area contributed by atoms with Crippen molar-refractivity contribution in [3.8, 4) is 0 Å². The maximum Gasteiger partial charge on any atom is 0.243 e. The molecule has 0 spiro atoms. The summed E-state index contributed by atoms with van der Waals surface area (Å²) in [5, 5.41) is 0. The first-order valence-electron chi connectivity index (χ1n) is 6.29. The molecule has 8 heteroatoms. The summed E-state index contributed by atoms with van der Waals surface area (Å²) in [6.07, 6.45) is -0.549. The van der Waals surface area contributed by atoms with Gasteiger partial charge in [0.2, 0.25) is 10.0 Å². The molecule has 0 aliphatic carbocycles. The third kappa shape index (κ3) is 2.37. The van der Waals surface area contributed by atoms with Crippen molar-refractivity contribution in [1.82, 2.24) is 4.31 Å². The Morgan fingerprint density at radius 1 is 1.15 bits per heavy atom. The molecule has 6 nitrogen and oxygen atoms in total. The van der Waals surface area contributed by atoms with Gasteiger partial charge in [-0.3, -0.25) is 0 Å². The largest absolute Gasteiger partial charge is 0.374 e. The van der Waals surface area contributed by atoms with Crippen molar-refractivity contribution in [2.75, 3.05) is 24.7 Å². The van der Waals surface area contributed by atoms with Crippen molar-refractivity contribution in [2.24, 2.45) is 0 Å². The molecule has 0 saturated carbocycles. The van der Waals surface area contributed by atoms with E-state index in [0.29, 0.717) is 0 Å². The molecule has 20 heavy (non-hydrogen) atoms. The standard InChI is InChI=1S/C12H15NO5S2/c14-19(15)8-11-12(9-19)18-7-6-13(11)20(16,17)10-4-2-1-3-5-10/h1-5,11-12H,6-9H2. The summed E-state index contributed by atoms with van der Waals surface area (Å²) in [6, 6.07) is 7.46. The van der Waals surface area contributed by atoms with Crippen molar-refractivity contribution >= 4 is 19.9 Å². The average molecular weight is 317 g/mol. The van der Waals surface area contributed by atoms with E-state index in [1.54, 1.807) is 18.2 Å². The van der Waals surface area contributed by atoms with Crippen LogP contribution in [-0.2, 0) is 24.6 Å². The van der Waals surface area contributed by atoms with Crippen molar-refractivity contribution in [1.29, 1.82) is 0 Å². The fourth-order valence-corrected chi connectivity index (χ4v) is 6.33. The molecule has 3 rings (SSSR count). The molecule has 1 aromatic rings. The Hall–Kier alpha value is -0.960. The summed E-state index contributed by atoms with van der Waals surface area (Å²) >= 11 is 0. The highest BCUT2D eigenvalue weighted by Gasteiger charge is 2.48. The predicted molar refractivity (Wildman–Crippen MR) is 72.5 cm³/mol. The molecule has 2 saturated heterocycles. The van der Waals surface area contributed by atoms with Gasteiger partial charge in [0.25, 0.3) is 0 Å². The van der Waals surface area contributed by atoms with Gasteiger partial charge in [-0.05, 0) is 12.1 Å². The van der Waals surface area contributed by atoms with E-state index in [1.807, 2.05) is 0 Å². The second-order valence-corrected chi connectivity index (χ2v) is 9.03. The van der Waals surface area contributed by atoms with Gasteiger partial charge in [-0.15, -0.1) is 0 Å². The van der Waals surface area contributed by atoms with Gasteiger partial charge in [-0.25, -0.2) is 16.8 Å². The van der Waals surface area contributed by atoms with Crippen LogP contribution in [0, 0.1) is 0 Å². The van der Waals surface area contributed by atoms with Crippen LogP contribution < -0.4 is 0 Å². The van der Waals surface area contributed by atoms with Crippen LogP contribution in [0.4, 0.5) is 0 Å². The molecule has 1 aromatic carbocycles. The minimum absolute atomic E-state index is 0.0987. The number of benzene rings is 1. The van der Waals surface area contributed by atoms with Crippen molar-refractivity contribution < 1.29 is 21.6 Å². The van der Waals surface area contributed by atoms with Crippen LogP contribution in [0.3, 0.4) is 0 Å². The SMILES string of the molecule is O=S1(=O)CC2OCCN(S(=O)(=O)c3ccccc3)C2C1. The summed E-state index contributed by atoms with van der Waals surface area (Å²) in [7, 11) is -6.91. The lowest BCUT2D eigenvalue weighted by atomic mass is 10.2. The van der Waals surface area contributed by atoms with Crippen LogP contribution in [0.2, 0.25) is 0 Å². The number of sulfonamides is 1. The van der Waals surface area contributed by atoms with Gasteiger partial charge in [0.1, 0.15) is 0 Å². The number of rotatable bonds is 2. The lowest BCUT2D eigenvalue weighted by molar-refractivity contribution is -0.0141. The molecule has 2 heterocycles. The normalized spacial score (nSPS) is 30.0. The zero-order chi connectivity index (χ0) is 14.4. The van der Waals surface area contributed by atoms with E-state index in [2.05, 4.69) is 0 Å². The number of hydrogen-bond donors (Lipinski definition) is 0. The Labute approximate surface area is 118 Å². The van der Waals surface area contributed by atoms with E-state index in [0.717, 1.165) is 0 Å². The molecular formula is C12H15NO5S2. The quantitative estimate of drug-likeness (QED) is 0.759. The van der Waals surface area contributed by atoms with Gasteiger partial charge >= 0.3 is 0 Å². The maximum atomic E-state index is 12.6. The molecule has 110 valence electrons. The Morgan fingerprint density at radius 3 is 2.55 bits per heavy atom. The number of nitrogens with zero attached hydrogens (tertiary/aromatic N) is 1. The van der Waals surface area contributed by atoms with Crippen LogP contribution in [0.5, 0.6) is 0 Å². The Bertz CT molecular complexity index is 699. The lowest BCUT2D eigenvalue weighted by Gasteiger charge is -2.35. The fraction of sp³-hybridized carbons (Fsp3) is 0.500. The van der Waals surface area contributed by atoms with Crippen LogP contribution in [0.15, 0.2) is 35.2 Å². The minimum atomic E-state index is -3.68. The van der Waals surface area contributed by atoms with Gasteiger partial charge in [0.15, 0.2) is 9.84 Å². The van der Waals surface area contributed by atoms with Gasteiger partial charge < -0.3 is 4.74 Å². The number of ether oxygens (including phenoxy) is 1. The lowest BCUT2D eigenvalue weighted by Crippen LogP contribution is -2.53. The first kappa shape index (κ1) is 14.0. The van der Waals surface area contributed by atoms with Crippen molar-refractivity contribution in [3.05, 3.63) is 30.3 Å². The summed E-state index contributed by atoms with van der Waals surface area (Å²) in [6.45, 7) is 0.413. The van der Waals surface area contributed by atoms with Gasteiger partial charge in [-0.1, -0.05) is 18.2 Å². The number of fused-ring (bicyclic) bond motifs is 1. The molecule has 2 fully saturated rings. The predicted octanol–water partition coefficient (Wildman–Crippen LogP) is -0.127. The Kier molecular flexibility index (Phi) is 3.36. The van der Waals surface area contributed by atoms with Crippen LogP contribution in [0.25, 0.3) is 0 Å². The van der Waals surface area contributed by atoms with Crippen LogP contribution in [0.1, 0.15) is 0 Å². The zero-order valence-corrected chi connectivity index (χ0v) is 12.3. The summed E-state index contributed by atoms with van der Waals surface area (Å²) in [4.78, 5) is 0.185. The molecule has 0 amide bonds. The Balaban J connectivity index is 1.97. The molecule has 2 atom stereocenters. The van der Waals surface area contributed by atoms with Gasteiger partial charge in [-0.2, -0.15) is 4.31 Å². The first-order chi connectivity index (χ1) is 9.40. The number of morpholine rings is 1. The zero-order valence-electron chi connectivity index (χ0n) is 10.7. The molecule has 0 N–H and O–H groups in total. The minimum Gasteiger partial charge on any atom is -0.374 e. The van der Waals surface area contributed by atoms with E-state index in [4.69, 9.17) is 4.74 Å². The fourth-order valence-electron chi connectivity index (χ4n) is 2.71. The van der Waals surface area contributed by atoms with Crippen LogP contribution in [-0.4, -0.2) is 57.9 Å². The van der Waals surface area contributed by atoms with E-state index in [9.17, 15) is 16.8 Å². The molecular weight excluding hydrogens is 302 g/mol. The summed E-state index contributed by atoms with van der Waals surface area (Å²) < 4.78 is 55.3. The summed E-state index contributed by atoms with van der Waals surface area (Å²) in [5.41, 5.74) is 0. The number of sulfone groups is 1. The van der Waals surface area contributed by atoms with Gasteiger partial charge in [0.05, 0.1) is 35.2 Å². The molecule has 2 aliphatic rings. The van der Waals surface area contributed by atoms with E-state index in [-0.39, 0.29) is 29.6 Å². The van der Waals surface area contributed by atoms with Gasteiger partial charge in [0, 0.05) is 6.54 Å². The third-order valence-corrected chi connectivity index (χ3v) is 7.26. The monoisotopic (exact) mass is 317 g/mol. The number of hydrogen-bond acceptors (Lipinski definition) is 5. The smallest absolute Gasteiger partial charge is 0.243 e. The first-order valence-corrected chi connectivity index (χ1v) is 9.55. The highest BCUT2D eigenvalue weighted by Crippen LogP contribution is 2.29. The second kappa shape index (κ2) is 4.80.